The van der Waals surface area contributed by atoms with Gasteiger partial charge >= 0.3 is 0 Å². The second-order valence-electron chi connectivity index (χ2n) is 7.44. The van der Waals surface area contributed by atoms with E-state index in [0.29, 0.717) is 0 Å². The first-order valence-electron chi connectivity index (χ1n) is 10.1. The van der Waals surface area contributed by atoms with Crippen LogP contribution in [-0.4, -0.2) is 19.7 Å². The average Bonchev–Trinajstić information content (AvgIpc) is 3.40. The minimum Gasteiger partial charge on any atom is -0.236 e. The molecule has 0 radical (unpaired) electrons. The Balaban J connectivity index is 1.67. The molecule has 0 aliphatic carbocycles. The molecule has 31 heavy (non-hydrogen) atoms. The summed E-state index contributed by atoms with van der Waals surface area (Å²) in [6.07, 6.45) is 0. The molecule has 0 saturated carbocycles. The fraction of sp³-hybridized carbons (Fsp3) is 0.0385. The zero-order valence-electron chi connectivity index (χ0n) is 16.9. The van der Waals surface area contributed by atoms with Crippen LogP contribution in [0.5, 0.6) is 0 Å². The molecule has 6 rings (SSSR count). The number of pyridine rings is 1. The lowest BCUT2D eigenvalue weighted by Crippen LogP contribution is -1.99. The van der Waals surface area contributed by atoms with Crippen LogP contribution < -0.4 is 0 Å². The Bertz CT molecular complexity index is 1500. The van der Waals surface area contributed by atoms with Crippen molar-refractivity contribution in [3.8, 4) is 27.5 Å². The van der Waals surface area contributed by atoms with Crippen molar-refractivity contribution >= 4 is 32.6 Å². The van der Waals surface area contributed by atoms with Crippen molar-refractivity contribution in [2.45, 2.75) is 6.92 Å². The van der Waals surface area contributed by atoms with Gasteiger partial charge in [-0.05, 0) is 37.3 Å². The van der Waals surface area contributed by atoms with E-state index >= 15 is 0 Å². The summed E-state index contributed by atoms with van der Waals surface area (Å²) in [4.78, 5) is 10.1. The molecule has 6 aromatic rings. The highest BCUT2D eigenvalue weighted by atomic mass is 32.1. The van der Waals surface area contributed by atoms with Crippen molar-refractivity contribution in [2.75, 3.05) is 0 Å². The van der Waals surface area contributed by atoms with Gasteiger partial charge in [-0.15, -0.1) is 11.3 Å². The molecule has 0 N–H and O–H groups in total. The second kappa shape index (κ2) is 7.15. The van der Waals surface area contributed by atoms with E-state index in [1.165, 1.54) is 4.70 Å². The van der Waals surface area contributed by atoms with Crippen molar-refractivity contribution in [3.63, 3.8) is 0 Å². The van der Waals surface area contributed by atoms with Gasteiger partial charge in [0.25, 0.3) is 0 Å². The third kappa shape index (κ3) is 3.02. The molecule has 3 heterocycles. The maximum Gasteiger partial charge on any atom is 0.163 e. The Morgan fingerprint density at radius 3 is 2.26 bits per heavy atom. The Morgan fingerprint density at radius 2 is 1.48 bits per heavy atom. The van der Waals surface area contributed by atoms with E-state index in [0.717, 1.165) is 49.8 Å². The monoisotopic (exact) mass is 418 g/mol. The summed E-state index contributed by atoms with van der Waals surface area (Å²) in [5.74, 6) is 0. The summed E-state index contributed by atoms with van der Waals surface area (Å²) < 4.78 is 3.10. The van der Waals surface area contributed by atoms with Gasteiger partial charge in [-0.25, -0.2) is 14.6 Å². The summed E-state index contributed by atoms with van der Waals surface area (Å²) in [6, 6.07) is 30.9. The SMILES string of the molecule is Cc1nn(-c2ccccc2)c2nc(-c3ccccc3)c(-c3nc4ccccc4s3)cc12. The molecule has 0 fully saturated rings. The molecule has 0 spiro atoms. The molecule has 148 valence electrons. The number of aromatic nitrogens is 4. The lowest BCUT2D eigenvalue weighted by Gasteiger charge is -2.09. The van der Waals surface area contributed by atoms with Crippen LogP contribution in [0.15, 0.2) is 91.0 Å². The number of nitrogens with zero attached hydrogens (tertiary/aromatic N) is 4. The van der Waals surface area contributed by atoms with Crippen LogP contribution in [0.3, 0.4) is 0 Å². The topological polar surface area (TPSA) is 43.6 Å². The average molecular weight is 419 g/mol. The predicted octanol–water partition coefficient (Wildman–Crippen LogP) is 6.67. The summed E-state index contributed by atoms with van der Waals surface area (Å²) in [5, 5.41) is 6.82. The number of fused-ring (bicyclic) bond motifs is 2. The van der Waals surface area contributed by atoms with Gasteiger partial charge in [0.15, 0.2) is 5.65 Å². The van der Waals surface area contributed by atoms with Gasteiger partial charge in [0.05, 0.1) is 27.3 Å². The predicted molar refractivity (Wildman–Crippen MR) is 128 cm³/mol. The summed E-state index contributed by atoms with van der Waals surface area (Å²) >= 11 is 1.70. The molecule has 5 heteroatoms. The van der Waals surface area contributed by atoms with Crippen LogP contribution in [0.4, 0.5) is 0 Å². The van der Waals surface area contributed by atoms with Gasteiger partial charge in [-0.1, -0.05) is 60.7 Å². The molecule has 0 amide bonds. The van der Waals surface area contributed by atoms with Gasteiger partial charge in [0.1, 0.15) is 5.01 Å². The minimum absolute atomic E-state index is 0.854. The zero-order valence-corrected chi connectivity index (χ0v) is 17.7. The Morgan fingerprint density at radius 1 is 0.774 bits per heavy atom. The molecule has 0 aliphatic rings. The van der Waals surface area contributed by atoms with Crippen molar-refractivity contribution in [1.29, 1.82) is 0 Å². The number of rotatable bonds is 3. The molecule has 0 saturated heterocycles. The van der Waals surface area contributed by atoms with Gasteiger partial charge in [0.2, 0.25) is 0 Å². The molecule has 0 aliphatic heterocycles. The molecule has 3 aromatic carbocycles. The van der Waals surface area contributed by atoms with Gasteiger partial charge < -0.3 is 0 Å². The van der Waals surface area contributed by atoms with Crippen molar-refractivity contribution in [3.05, 3.63) is 96.7 Å². The molecule has 0 atom stereocenters. The third-order valence-corrected chi connectivity index (χ3v) is 6.48. The Kier molecular flexibility index (Phi) is 4.14. The summed E-state index contributed by atoms with van der Waals surface area (Å²) in [5.41, 5.74) is 6.84. The van der Waals surface area contributed by atoms with Crippen LogP contribution in [0.25, 0.3) is 48.8 Å². The minimum atomic E-state index is 0.854. The van der Waals surface area contributed by atoms with E-state index in [-0.39, 0.29) is 0 Å². The van der Waals surface area contributed by atoms with E-state index in [4.69, 9.17) is 15.1 Å². The zero-order chi connectivity index (χ0) is 20.8. The van der Waals surface area contributed by atoms with Crippen LogP contribution in [0, 0.1) is 6.92 Å². The molecule has 0 bridgehead atoms. The highest BCUT2D eigenvalue weighted by molar-refractivity contribution is 7.21. The summed E-state index contributed by atoms with van der Waals surface area (Å²) in [6.45, 7) is 2.04. The fourth-order valence-electron chi connectivity index (χ4n) is 3.90. The van der Waals surface area contributed by atoms with Crippen LogP contribution in [-0.2, 0) is 0 Å². The van der Waals surface area contributed by atoms with Crippen LogP contribution in [0.1, 0.15) is 5.69 Å². The van der Waals surface area contributed by atoms with Gasteiger partial charge in [-0.3, -0.25) is 0 Å². The first kappa shape index (κ1) is 18.0. The third-order valence-electron chi connectivity index (χ3n) is 5.42. The summed E-state index contributed by atoms with van der Waals surface area (Å²) in [7, 11) is 0. The fourth-order valence-corrected chi connectivity index (χ4v) is 4.88. The molecule has 4 nitrogen and oxygen atoms in total. The lowest BCUT2D eigenvalue weighted by atomic mass is 10.0. The first-order valence-corrected chi connectivity index (χ1v) is 11.0. The molecule has 3 aromatic heterocycles. The number of para-hydroxylation sites is 2. The van der Waals surface area contributed by atoms with Crippen molar-refractivity contribution in [1.82, 2.24) is 19.7 Å². The van der Waals surface area contributed by atoms with Crippen molar-refractivity contribution < 1.29 is 0 Å². The maximum absolute atomic E-state index is 5.16. The normalized spacial score (nSPS) is 11.4. The Hall–Kier alpha value is -3.83. The largest absolute Gasteiger partial charge is 0.236 e. The lowest BCUT2D eigenvalue weighted by molar-refractivity contribution is 0.878. The standard InChI is InChI=1S/C26H18N4S/c1-17-20-16-21(26-27-22-14-8-9-15-23(22)31-26)24(18-10-4-2-5-11-18)28-25(20)30(29-17)19-12-6-3-7-13-19/h2-16H,1H3. The van der Waals surface area contributed by atoms with Gasteiger partial charge in [-0.2, -0.15) is 5.10 Å². The van der Waals surface area contributed by atoms with Gasteiger partial charge in [0, 0.05) is 16.5 Å². The molecule has 0 unspecified atom stereocenters. The first-order chi connectivity index (χ1) is 15.3. The molecular weight excluding hydrogens is 400 g/mol. The number of thiazole rings is 1. The van der Waals surface area contributed by atoms with Crippen molar-refractivity contribution in [2.24, 2.45) is 0 Å². The second-order valence-corrected chi connectivity index (χ2v) is 8.47. The van der Waals surface area contributed by atoms with E-state index in [1.807, 2.05) is 54.1 Å². The van der Waals surface area contributed by atoms with Crippen LogP contribution in [0.2, 0.25) is 0 Å². The number of benzene rings is 3. The quantitative estimate of drug-likeness (QED) is 0.322. The number of aryl methyl sites for hydroxylation is 1. The highest BCUT2D eigenvalue weighted by Crippen LogP contribution is 2.38. The number of hydrogen-bond donors (Lipinski definition) is 0. The van der Waals surface area contributed by atoms with E-state index in [9.17, 15) is 0 Å². The van der Waals surface area contributed by atoms with E-state index in [1.54, 1.807) is 11.3 Å². The highest BCUT2D eigenvalue weighted by Gasteiger charge is 2.19. The smallest absolute Gasteiger partial charge is 0.163 e. The maximum atomic E-state index is 5.16. The number of hydrogen-bond acceptors (Lipinski definition) is 4. The molecular formula is C26H18N4S. The Labute approximate surface area is 183 Å². The van der Waals surface area contributed by atoms with E-state index < -0.39 is 0 Å². The van der Waals surface area contributed by atoms with Crippen LogP contribution >= 0.6 is 11.3 Å². The van der Waals surface area contributed by atoms with E-state index in [2.05, 4.69) is 48.5 Å².